The van der Waals surface area contributed by atoms with Crippen molar-refractivity contribution in [3.63, 3.8) is 0 Å². The van der Waals surface area contributed by atoms with Gasteiger partial charge in [-0.05, 0) is 19.1 Å². The van der Waals surface area contributed by atoms with E-state index in [0.717, 1.165) is 18.8 Å². The summed E-state index contributed by atoms with van der Waals surface area (Å²) >= 11 is 1.47. The highest BCUT2D eigenvalue weighted by molar-refractivity contribution is 8.00. The first kappa shape index (κ1) is 15.2. The minimum Gasteiger partial charge on any atom is -0.370 e. The molecule has 0 aromatic carbocycles. The van der Waals surface area contributed by atoms with Crippen molar-refractivity contribution in [2.24, 2.45) is 0 Å². The second kappa shape index (κ2) is 7.55. The van der Waals surface area contributed by atoms with Crippen LogP contribution in [-0.2, 0) is 24.6 Å². The molecule has 0 saturated carbocycles. The van der Waals surface area contributed by atoms with E-state index in [1.165, 1.54) is 18.7 Å². The molecule has 6 nitrogen and oxygen atoms in total. The SMILES string of the molecule is CC(CSCCCOOCC1CO1)S(=O)(=O)O. The lowest BCUT2D eigenvalue weighted by Gasteiger charge is -2.07. The highest BCUT2D eigenvalue weighted by Crippen LogP contribution is 2.11. The fraction of sp³-hybridized carbons (Fsp3) is 1.00. The Morgan fingerprint density at radius 3 is 2.82 bits per heavy atom. The monoisotopic (exact) mass is 286 g/mol. The molecule has 8 heteroatoms. The quantitative estimate of drug-likeness (QED) is 0.208. The molecule has 17 heavy (non-hydrogen) atoms. The number of hydrogen-bond acceptors (Lipinski definition) is 6. The summed E-state index contributed by atoms with van der Waals surface area (Å²) in [7, 11) is -3.90. The van der Waals surface area contributed by atoms with Gasteiger partial charge in [0, 0.05) is 5.75 Å². The largest absolute Gasteiger partial charge is 0.370 e. The van der Waals surface area contributed by atoms with Gasteiger partial charge >= 0.3 is 0 Å². The third-order valence-electron chi connectivity index (χ3n) is 2.12. The molecule has 0 amide bonds. The molecule has 0 bridgehead atoms. The molecule has 1 rings (SSSR count). The minimum atomic E-state index is -3.90. The zero-order valence-corrected chi connectivity index (χ0v) is 11.3. The number of hydrogen-bond donors (Lipinski definition) is 1. The molecule has 102 valence electrons. The van der Waals surface area contributed by atoms with E-state index in [1.807, 2.05) is 0 Å². The molecule has 0 spiro atoms. The van der Waals surface area contributed by atoms with Gasteiger partial charge < -0.3 is 4.74 Å². The van der Waals surface area contributed by atoms with E-state index >= 15 is 0 Å². The third kappa shape index (κ3) is 7.96. The Bertz CT molecular complexity index is 301. The van der Waals surface area contributed by atoms with E-state index in [1.54, 1.807) is 0 Å². The van der Waals surface area contributed by atoms with Crippen LogP contribution in [0.5, 0.6) is 0 Å². The van der Waals surface area contributed by atoms with Gasteiger partial charge in [0.05, 0.1) is 18.5 Å². The van der Waals surface area contributed by atoms with Gasteiger partial charge in [-0.15, -0.1) is 0 Å². The van der Waals surface area contributed by atoms with Crippen LogP contribution in [-0.4, -0.2) is 55.7 Å². The Hall–Kier alpha value is 0.140. The van der Waals surface area contributed by atoms with Crippen LogP contribution in [0.1, 0.15) is 13.3 Å². The zero-order chi connectivity index (χ0) is 12.7. The highest BCUT2D eigenvalue weighted by atomic mass is 32.2. The van der Waals surface area contributed by atoms with Gasteiger partial charge in [-0.1, -0.05) is 0 Å². The van der Waals surface area contributed by atoms with Crippen LogP contribution in [0.4, 0.5) is 0 Å². The normalized spacial score (nSPS) is 21.4. The maximum Gasteiger partial charge on any atom is 0.268 e. The van der Waals surface area contributed by atoms with Gasteiger partial charge in [0.25, 0.3) is 10.1 Å². The second-order valence-electron chi connectivity index (χ2n) is 3.82. The van der Waals surface area contributed by atoms with Crippen molar-refractivity contribution in [3.8, 4) is 0 Å². The minimum absolute atomic E-state index is 0.194. The molecule has 2 unspecified atom stereocenters. The Kier molecular flexibility index (Phi) is 6.75. The Balaban J connectivity index is 1.83. The van der Waals surface area contributed by atoms with Gasteiger partial charge in [-0.3, -0.25) is 4.55 Å². The smallest absolute Gasteiger partial charge is 0.268 e. The number of ether oxygens (including phenoxy) is 1. The Labute approximate surface area is 106 Å². The van der Waals surface area contributed by atoms with Crippen LogP contribution in [0.15, 0.2) is 0 Å². The summed E-state index contributed by atoms with van der Waals surface area (Å²) in [6, 6.07) is 0. The van der Waals surface area contributed by atoms with E-state index in [-0.39, 0.29) is 6.10 Å². The van der Waals surface area contributed by atoms with Gasteiger partial charge in [0.15, 0.2) is 0 Å². The molecule has 0 aliphatic carbocycles. The van der Waals surface area contributed by atoms with Crippen LogP contribution in [0, 0.1) is 0 Å². The highest BCUT2D eigenvalue weighted by Gasteiger charge is 2.22. The van der Waals surface area contributed by atoms with E-state index in [4.69, 9.17) is 19.1 Å². The van der Waals surface area contributed by atoms with Crippen LogP contribution < -0.4 is 0 Å². The van der Waals surface area contributed by atoms with Crippen molar-refractivity contribution in [2.45, 2.75) is 24.7 Å². The standard InChI is InChI=1S/C9H18O6S2/c1-8(17(10,11)12)7-16-4-2-3-14-15-6-9-5-13-9/h8-9H,2-7H2,1H3,(H,10,11,12). The van der Waals surface area contributed by atoms with E-state index < -0.39 is 15.4 Å². The molecular formula is C9H18O6S2. The van der Waals surface area contributed by atoms with Gasteiger partial charge in [0.2, 0.25) is 0 Å². The summed E-state index contributed by atoms with van der Waals surface area (Å²) in [6.45, 7) is 3.16. The van der Waals surface area contributed by atoms with Crippen LogP contribution in [0.25, 0.3) is 0 Å². The first-order valence-electron chi connectivity index (χ1n) is 5.40. The van der Waals surface area contributed by atoms with E-state index in [0.29, 0.717) is 19.0 Å². The van der Waals surface area contributed by atoms with E-state index in [9.17, 15) is 8.42 Å². The summed E-state index contributed by atoms with van der Waals surface area (Å²) in [6.07, 6.45) is 0.967. The number of epoxide rings is 1. The van der Waals surface area contributed by atoms with Crippen LogP contribution >= 0.6 is 11.8 Å². The topological polar surface area (TPSA) is 85.4 Å². The van der Waals surface area contributed by atoms with Gasteiger partial charge in [0.1, 0.15) is 12.7 Å². The molecular weight excluding hydrogens is 268 g/mol. The average molecular weight is 286 g/mol. The van der Waals surface area contributed by atoms with Crippen molar-refractivity contribution in [1.82, 2.24) is 0 Å². The predicted octanol–water partition coefficient (Wildman–Crippen LogP) is 0.733. The number of thioether (sulfide) groups is 1. The second-order valence-corrected chi connectivity index (χ2v) is 6.80. The summed E-state index contributed by atoms with van der Waals surface area (Å²) in [5.74, 6) is 1.15. The molecule has 1 N–H and O–H groups in total. The van der Waals surface area contributed by atoms with Crippen molar-refractivity contribution in [3.05, 3.63) is 0 Å². The molecule has 0 aromatic rings. The lowest BCUT2D eigenvalue weighted by molar-refractivity contribution is -0.295. The number of rotatable bonds is 10. The van der Waals surface area contributed by atoms with Gasteiger partial charge in [-0.25, -0.2) is 9.78 Å². The van der Waals surface area contributed by atoms with Crippen molar-refractivity contribution >= 4 is 21.9 Å². The Morgan fingerprint density at radius 1 is 1.53 bits per heavy atom. The predicted molar refractivity (Wildman–Crippen MR) is 64.6 cm³/mol. The maximum absolute atomic E-state index is 10.7. The van der Waals surface area contributed by atoms with Gasteiger partial charge in [-0.2, -0.15) is 20.2 Å². The molecule has 1 aliphatic heterocycles. The van der Waals surface area contributed by atoms with Crippen molar-refractivity contribution in [1.29, 1.82) is 0 Å². The van der Waals surface area contributed by atoms with Crippen molar-refractivity contribution < 1.29 is 27.5 Å². The third-order valence-corrected chi connectivity index (χ3v) is 4.82. The maximum atomic E-state index is 10.7. The summed E-state index contributed by atoms with van der Waals surface area (Å²) in [5.41, 5.74) is 0. The van der Waals surface area contributed by atoms with Crippen LogP contribution in [0.2, 0.25) is 0 Å². The van der Waals surface area contributed by atoms with Crippen LogP contribution in [0.3, 0.4) is 0 Å². The van der Waals surface area contributed by atoms with Crippen molar-refractivity contribution in [2.75, 3.05) is 31.3 Å². The molecule has 1 saturated heterocycles. The summed E-state index contributed by atoms with van der Waals surface area (Å²) in [4.78, 5) is 9.77. The fourth-order valence-corrected chi connectivity index (χ4v) is 2.70. The summed E-state index contributed by atoms with van der Waals surface area (Å²) < 4.78 is 35.0. The Morgan fingerprint density at radius 2 is 2.24 bits per heavy atom. The molecule has 0 radical (unpaired) electrons. The lowest BCUT2D eigenvalue weighted by Crippen LogP contribution is -2.19. The zero-order valence-electron chi connectivity index (χ0n) is 9.70. The summed E-state index contributed by atoms with van der Waals surface area (Å²) in [5, 5.41) is -0.725. The molecule has 1 aliphatic rings. The first-order chi connectivity index (χ1) is 8.00. The lowest BCUT2D eigenvalue weighted by atomic mass is 10.5. The fourth-order valence-electron chi connectivity index (χ4n) is 0.902. The average Bonchev–Trinajstić information content (AvgIpc) is 3.04. The van der Waals surface area contributed by atoms with E-state index in [2.05, 4.69) is 0 Å². The molecule has 1 fully saturated rings. The molecule has 2 atom stereocenters. The molecule has 1 heterocycles. The molecule has 0 aromatic heterocycles. The first-order valence-corrected chi connectivity index (χ1v) is 8.06.